The number of rotatable bonds is 11. The maximum absolute atomic E-state index is 14.9. The molecular formula is C13H21ClFN4O13P3. The van der Waals surface area contributed by atoms with Crippen molar-refractivity contribution in [3.8, 4) is 0 Å². The molecule has 1 aliphatic heterocycles. The molecule has 6 atom stereocenters. The molecule has 0 bridgehead atoms. The van der Waals surface area contributed by atoms with E-state index in [-0.39, 0.29) is 5.82 Å². The molecule has 0 amide bonds. The summed E-state index contributed by atoms with van der Waals surface area (Å²) in [6.45, 7) is -1.24. The first kappa shape index (κ1) is 30.1. The van der Waals surface area contributed by atoms with Crippen LogP contribution in [0, 0.1) is 0 Å². The maximum atomic E-state index is 14.9. The summed E-state index contributed by atoms with van der Waals surface area (Å²) in [6, 6.07) is 1.23. The molecule has 35 heavy (non-hydrogen) atoms. The number of halogens is 2. The van der Waals surface area contributed by atoms with Gasteiger partial charge in [0.25, 0.3) is 0 Å². The van der Waals surface area contributed by atoms with Crippen molar-refractivity contribution >= 4 is 47.2 Å². The summed E-state index contributed by atoms with van der Waals surface area (Å²) in [7, 11) is -13.7. The highest BCUT2D eigenvalue weighted by molar-refractivity contribution is 7.66. The van der Waals surface area contributed by atoms with Gasteiger partial charge in [0.1, 0.15) is 11.7 Å². The van der Waals surface area contributed by atoms with Crippen LogP contribution in [0.4, 0.5) is 10.2 Å². The number of hydrogen-bond acceptors (Lipinski definition) is 11. The van der Waals surface area contributed by atoms with Gasteiger partial charge in [-0.15, -0.1) is 11.6 Å². The topological polar surface area (TPSA) is 240 Å². The number of aliphatic hydroxyl groups is 1. The lowest BCUT2D eigenvalue weighted by Gasteiger charge is -2.29. The van der Waals surface area contributed by atoms with Gasteiger partial charge in [0, 0.05) is 20.3 Å². The monoisotopic (exact) mass is 588 g/mol. The van der Waals surface area contributed by atoms with Gasteiger partial charge in [-0.05, 0) is 6.07 Å². The molecule has 1 fully saturated rings. The average molecular weight is 589 g/mol. The van der Waals surface area contributed by atoms with E-state index in [1.807, 2.05) is 0 Å². The lowest BCUT2D eigenvalue weighted by Crippen LogP contribution is -2.47. The van der Waals surface area contributed by atoms with E-state index in [2.05, 4.69) is 23.1 Å². The second kappa shape index (κ2) is 11.1. The number of hydrogen-bond donors (Lipinski definition) is 5. The smallest absolute Gasteiger partial charge is 0.387 e. The van der Waals surface area contributed by atoms with Gasteiger partial charge in [-0.25, -0.2) is 27.9 Å². The van der Waals surface area contributed by atoms with Crippen molar-refractivity contribution in [2.45, 2.75) is 24.1 Å². The summed E-state index contributed by atoms with van der Waals surface area (Å²) in [5, 5.41) is 10.3. The van der Waals surface area contributed by atoms with Crippen molar-refractivity contribution in [2.75, 3.05) is 26.6 Å². The first-order valence-corrected chi connectivity index (χ1v) is 14.1. The van der Waals surface area contributed by atoms with Gasteiger partial charge in [-0.1, -0.05) is 0 Å². The van der Waals surface area contributed by atoms with Crippen molar-refractivity contribution in [3.05, 3.63) is 22.7 Å². The quantitative estimate of drug-likeness (QED) is 0.0990. The van der Waals surface area contributed by atoms with Crippen molar-refractivity contribution in [1.82, 2.24) is 14.5 Å². The second-order valence-electron chi connectivity index (χ2n) is 7.14. The van der Waals surface area contributed by atoms with Crippen LogP contribution in [-0.2, 0) is 31.6 Å². The van der Waals surface area contributed by atoms with Crippen LogP contribution >= 0.6 is 35.1 Å². The molecular weight excluding hydrogens is 568 g/mol. The van der Waals surface area contributed by atoms with Gasteiger partial charge in [0.15, 0.2) is 18.2 Å². The van der Waals surface area contributed by atoms with E-state index in [9.17, 15) is 37.8 Å². The number of nitrogens with zero attached hydrogens (tertiary/aromatic N) is 4. The Balaban J connectivity index is 2.22. The summed E-state index contributed by atoms with van der Waals surface area (Å²) in [5.41, 5.74) is -3.32. The lowest BCUT2D eigenvalue weighted by molar-refractivity contribution is -0.113. The largest absolute Gasteiger partial charge is 0.490 e. The number of phosphoric acid groups is 3. The van der Waals surface area contributed by atoms with Crippen LogP contribution in [-0.4, -0.2) is 89.9 Å². The van der Waals surface area contributed by atoms with Gasteiger partial charge in [0.2, 0.25) is 0 Å². The lowest BCUT2D eigenvalue weighted by atomic mass is 9.99. The molecule has 0 saturated carbocycles. The third-order valence-corrected chi connectivity index (χ3v) is 8.33. The highest BCUT2D eigenvalue weighted by Crippen LogP contribution is 2.66. The van der Waals surface area contributed by atoms with E-state index in [0.717, 1.165) is 6.20 Å². The van der Waals surface area contributed by atoms with E-state index in [1.54, 1.807) is 19.0 Å². The summed E-state index contributed by atoms with van der Waals surface area (Å²) >= 11 is 5.76. The molecule has 6 unspecified atom stereocenters. The molecule has 0 spiro atoms. The zero-order chi connectivity index (χ0) is 26.8. The van der Waals surface area contributed by atoms with Crippen LogP contribution in [0.25, 0.3) is 0 Å². The average Bonchev–Trinajstić information content (AvgIpc) is 2.94. The molecule has 0 aliphatic carbocycles. The fraction of sp³-hybridized carbons (Fsp3) is 0.615. The SMILES string of the molecule is CN(C)C=Nc1ccn(C2OC(CCl)(COP(=O)(O)OP(=O)(O)OP(=O)(O)O)C(O)C2F)c(=O)n1. The fourth-order valence-corrected chi connectivity index (χ4v) is 6.01. The molecule has 17 nitrogen and oxygen atoms in total. The van der Waals surface area contributed by atoms with Crippen LogP contribution in [0.5, 0.6) is 0 Å². The van der Waals surface area contributed by atoms with Gasteiger partial charge >= 0.3 is 29.2 Å². The molecule has 1 aliphatic rings. The molecule has 0 aromatic carbocycles. The Hall–Kier alpha value is -1.10. The molecule has 0 radical (unpaired) electrons. The summed E-state index contributed by atoms with van der Waals surface area (Å²) in [4.78, 5) is 57.3. The Morgan fingerprint density at radius 3 is 2.43 bits per heavy atom. The Kier molecular flexibility index (Phi) is 9.56. The number of aliphatic imine (C=N–C) groups is 1. The number of aliphatic hydroxyl groups excluding tert-OH is 1. The first-order chi connectivity index (χ1) is 15.9. The van der Waals surface area contributed by atoms with Crippen molar-refractivity contribution < 1.29 is 60.6 Å². The van der Waals surface area contributed by atoms with Gasteiger partial charge in [-0.2, -0.15) is 13.6 Å². The molecule has 2 rings (SSSR count). The first-order valence-electron chi connectivity index (χ1n) is 9.04. The van der Waals surface area contributed by atoms with Crippen LogP contribution in [0.2, 0.25) is 0 Å². The standard InChI is InChI=1S/C13H21ClFN4O13P3/c1-18(2)7-16-8-3-4-19(12(21)17-8)11-9(15)10(20)13(5-14,30-11)6-29-34(25,26)32-35(27,28)31-33(22,23)24/h3-4,7,9-11,20H,5-6H2,1-2H3,(H,25,26)(H,27,28)(H2,22,23,24). The van der Waals surface area contributed by atoms with Crippen molar-refractivity contribution in [3.63, 3.8) is 0 Å². The Bertz CT molecular complexity index is 1150. The summed E-state index contributed by atoms with van der Waals surface area (Å²) < 4.78 is 66.5. The van der Waals surface area contributed by atoms with Crippen molar-refractivity contribution in [2.24, 2.45) is 4.99 Å². The van der Waals surface area contributed by atoms with Crippen LogP contribution in [0.1, 0.15) is 6.23 Å². The van der Waals surface area contributed by atoms with E-state index in [0.29, 0.717) is 4.57 Å². The summed E-state index contributed by atoms with van der Waals surface area (Å²) in [6.07, 6.45) is -3.92. The van der Waals surface area contributed by atoms with Crippen LogP contribution < -0.4 is 5.69 Å². The Labute approximate surface area is 201 Å². The normalized spacial score (nSPS) is 28.7. The predicted molar refractivity (Wildman–Crippen MR) is 115 cm³/mol. The molecule has 200 valence electrons. The molecule has 1 saturated heterocycles. The minimum absolute atomic E-state index is 0.0230. The third-order valence-electron chi connectivity index (χ3n) is 4.09. The Morgan fingerprint density at radius 1 is 1.29 bits per heavy atom. The summed E-state index contributed by atoms with van der Waals surface area (Å²) in [5.74, 6) is -0.806. The van der Waals surface area contributed by atoms with E-state index < -0.39 is 65.7 Å². The van der Waals surface area contributed by atoms with E-state index >= 15 is 0 Å². The minimum atomic E-state index is -5.82. The zero-order valence-electron chi connectivity index (χ0n) is 17.8. The number of aromatic nitrogens is 2. The molecule has 22 heteroatoms. The highest BCUT2D eigenvalue weighted by atomic mass is 35.5. The fourth-order valence-electron chi connectivity index (χ4n) is 2.64. The third kappa shape index (κ3) is 8.20. The van der Waals surface area contributed by atoms with Crippen molar-refractivity contribution in [1.29, 1.82) is 0 Å². The van der Waals surface area contributed by atoms with Gasteiger partial charge in [0.05, 0.1) is 18.8 Å². The number of phosphoric ester groups is 1. The van der Waals surface area contributed by atoms with E-state index in [1.165, 1.54) is 12.4 Å². The minimum Gasteiger partial charge on any atom is -0.387 e. The van der Waals surface area contributed by atoms with Crippen LogP contribution in [0.3, 0.4) is 0 Å². The van der Waals surface area contributed by atoms with E-state index in [4.69, 9.17) is 26.1 Å². The number of alkyl halides is 2. The molecule has 1 aromatic heterocycles. The number of ether oxygens (including phenoxy) is 1. The molecule has 5 N–H and O–H groups in total. The van der Waals surface area contributed by atoms with Gasteiger partial charge < -0.3 is 34.3 Å². The maximum Gasteiger partial charge on any atom is 0.490 e. The highest BCUT2D eigenvalue weighted by Gasteiger charge is 2.57. The zero-order valence-corrected chi connectivity index (χ0v) is 21.2. The second-order valence-corrected chi connectivity index (χ2v) is 11.8. The van der Waals surface area contributed by atoms with Crippen LogP contribution in [0.15, 0.2) is 22.1 Å². The Morgan fingerprint density at radius 2 is 1.91 bits per heavy atom. The van der Waals surface area contributed by atoms with Gasteiger partial charge in [-0.3, -0.25) is 9.09 Å². The predicted octanol–water partition coefficient (Wildman–Crippen LogP) is 0.0134. The molecule has 2 heterocycles. The molecule has 1 aromatic rings.